The molecule has 1 amide bonds. The Morgan fingerprint density at radius 2 is 2.10 bits per heavy atom. The number of aryl methyl sites for hydroxylation is 2. The maximum absolute atomic E-state index is 12.1. The summed E-state index contributed by atoms with van der Waals surface area (Å²) in [6.07, 6.45) is 0.0525. The van der Waals surface area contributed by atoms with Gasteiger partial charge in [0.2, 0.25) is 0 Å². The maximum atomic E-state index is 12.1. The number of nitrogens with one attached hydrogen (secondary N) is 1. The quantitative estimate of drug-likeness (QED) is 0.888. The summed E-state index contributed by atoms with van der Waals surface area (Å²) in [6, 6.07) is 6.91. The zero-order chi connectivity index (χ0) is 15.4. The SMILES string of the molecule is CCc1nc(C)c(C(=O)NC[C@@H](O)c2ccc(Cl)cc2)s1. The van der Waals surface area contributed by atoms with Crippen molar-refractivity contribution in [2.24, 2.45) is 0 Å². The minimum atomic E-state index is -0.759. The highest BCUT2D eigenvalue weighted by atomic mass is 35.5. The van der Waals surface area contributed by atoms with Crippen molar-refractivity contribution in [3.8, 4) is 0 Å². The number of aromatic nitrogens is 1. The fraction of sp³-hybridized carbons (Fsp3) is 0.333. The van der Waals surface area contributed by atoms with Crippen LogP contribution in [-0.4, -0.2) is 22.5 Å². The average Bonchev–Trinajstić information content (AvgIpc) is 2.86. The molecule has 1 aromatic heterocycles. The number of amides is 1. The van der Waals surface area contributed by atoms with E-state index in [1.807, 2.05) is 13.8 Å². The molecule has 1 atom stereocenters. The van der Waals surface area contributed by atoms with Gasteiger partial charge in [0.1, 0.15) is 4.88 Å². The number of hydrogen-bond donors (Lipinski definition) is 2. The molecule has 0 bridgehead atoms. The minimum absolute atomic E-state index is 0.152. The molecule has 2 aromatic rings. The zero-order valence-corrected chi connectivity index (χ0v) is 13.5. The van der Waals surface area contributed by atoms with Crippen LogP contribution in [0.25, 0.3) is 0 Å². The van der Waals surface area contributed by atoms with Crippen molar-refractivity contribution in [1.82, 2.24) is 10.3 Å². The summed E-state index contributed by atoms with van der Waals surface area (Å²) in [5.41, 5.74) is 1.45. The van der Waals surface area contributed by atoms with Crippen molar-refractivity contribution in [2.75, 3.05) is 6.54 Å². The monoisotopic (exact) mass is 324 g/mol. The van der Waals surface area contributed by atoms with Crippen molar-refractivity contribution < 1.29 is 9.90 Å². The van der Waals surface area contributed by atoms with E-state index in [1.165, 1.54) is 11.3 Å². The number of hydrogen-bond acceptors (Lipinski definition) is 4. The van der Waals surface area contributed by atoms with Gasteiger partial charge in [-0.1, -0.05) is 30.7 Å². The van der Waals surface area contributed by atoms with Crippen molar-refractivity contribution in [1.29, 1.82) is 0 Å². The summed E-state index contributed by atoms with van der Waals surface area (Å²) in [4.78, 5) is 17.0. The van der Waals surface area contributed by atoms with E-state index in [0.717, 1.165) is 22.7 Å². The van der Waals surface area contributed by atoms with Crippen LogP contribution in [0.5, 0.6) is 0 Å². The molecule has 21 heavy (non-hydrogen) atoms. The second kappa shape index (κ2) is 7.02. The van der Waals surface area contributed by atoms with Gasteiger partial charge < -0.3 is 10.4 Å². The maximum Gasteiger partial charge on any atom is 0.263 e. The van der Waals surface area contributed by atoms with Crippen molar-refractivity contribution >= 4 is 28.8 Å². The molecule has 0 aliphatic heterocycles. The van der Waals surface area contributed by atoms with Crippen molar-refractivity contribution in [3.05, 3.63) is 50.4 Å². The molecule has 0 unspecified atom stereocenters. The number of rotatable bonds is 5. The Morgan fingerprint density at radius 3 is 2.67 bits per heavy atom. The summed E-state index contributed by atoms with van der Waals surface area (Å²) in [5.74, 6) is -0.197. The summed E-state index contributed by atoms with van der Waals surface area (Å²) >= 11 is 7.20. The molecule has 2 rings (SSSR count). The van der Waals surface area contributed by atoms with E-state index in [1.54, 1.807) is 24.3 Å². The second-order valence-electron chi connectivity index (χ2n) is 4.65. The number of halogens is 1. The first-order valence-corrected chi connectivity index (χ1v) is 7.88. The topological polar surface area (TPSA) is 62.2 Å². The number of carbonyl (C=O) groups is 1. The van der Waals surface area contributed by atoms with Gasteiger partial charge in [0.05, 0.1) is 16.8 Å². The van der Waals surface area contributed by atoms with E-state index < -0.39 is 6.10 Å². The van der Waals surface area contributed by atoms with Crippen molar-refractivity contribution in [3.63, 3.8) is 0 Å². The number of carbonyl (C=O) groups excluding carboxylic acids is 1. The predicted molar refractivity (Wildman–Crippen MR) is 85.0 cm³/mol. The van der Waals surface area contributed by atoms with Crippen LogP contribution >= 0.6 is 22.9 Å². The summed E-state index contributed by atoms with van der Waals surface area (Å²) in [6.45, 7) is 3.98. The Kier molecular flexibility index (Phi) is 5.33. The Morgan fingerprint density at radius 1 is 1.43 bits per heavy atom. The Labute approximate surface area is 132 Å². The van der Waals surface area contributed by atoms with Gasteiger partial charge >= 0.3 is 0 Å². The standard InChI is InChI=1S/C15H17ClN2O2S/c1-3-13-18-9(2)14(21-13)15(20)17-8-12(19)10-4-6-11(16)7-5-10/h4-7,12,19H,3,8H2,1-2H3,(H,17,20)/t12-/m1/s1. The molecule has 0 saturated heterocycles. The molecule has 0 radical (unpaired) electrons. The fourth-order valence-electron chi connectivity index (χ4n) is 1.89. The third-order valence-electron chi connectivity index (χ3n) is 3.06. The van der Waals surface area contributed by atoms with Crippen LogP contribution in [0.15, 0.2) is 24.3 Å². The zero-order valence-electron chi connectivity index (χ0n) is 11.9. The third kappa shape index (κ3) is 4.03. The van der Waals surface area contributed by atoms with E-state index in [-0.39, 0.29) is 12.5 Å². The normalized spacial score (nSPS) is 12.2. The summed E-state index contributed by atoms with van der Waals surface area (Å²) in [5, 5.41) is 14.4. The third-order valence-corrected chi connectivity index (χ3v) is 4.61. The molecule has 0 aliphatic carbocycles. The van der Waals surface area contributed by atoms with Gasteiger partial charge in [0, 0.05) is 11.6 Å². The number of thiazole rings is 1. The molecule has 0 spiro atoms. The molecule has 0 saturated carbocycles. The van der Waals surface area contributed by atoms with Crippen LogP contribution in [0.2, 0.25) is 5.02 Å². The fourth-order valence-corrected chi connectivity index (χ4v) is 2.93. The molecule has 1 aromatic carbocycles. The van der Waals surface area contributed by atoms with E-state index in [9.17, 15) is 9.90 Å². The lowest BCUT2D eigenvalue weighted by Gasteiger charge is -2.12. The Hall–Kier alpha value is -1.43. The molecule has 0 fully saturated rings. The molecular formula is C15H17ClN2O2S. The number of benzene rings is 1. The molecule has 2 N–H and O–H groups in total. The van der Waals surface area contributed by atoms with Gasteiger partial charge in [0.25, 0.3) is 5.91 Å². The van der Waals surface area contributed by atoms with Crippen LogP contribution in [0.3, 0.4) is 0 Å². The van der Waals surface area contributed by atoms with Crippen LogP contribution in [0, 0.1) is 6.92 Å². The highest BCUT2D eigenvalue weighted by Gasteiger charge is 2.16. The Bertz CT molecular complexity index is 625. The predicted octanol–water partition coefficient (Wildman–Crippen LogP) is 3.13. The average molecular weight is 325 g/mol. The molecule has 1 heterocycles. The number of aliphatic hydroxyl groups is 1. The molecular weight excluding hydrogens is 308 g/mol. The van der Waals surface area contributed by atoms with Gasteiger partial charge in [-0.2, -0.15) is 0 Å². The summed E-state index contributed by atoms with van der Waals surface area (Å²) < 4.78 is 0. The first-order chi connectivity index (χ1) is 10.0. The lowest BCUT2D eigenvalue weighted by Crippen LogP contribution is -2.28. The van der Waals surface area contributed by atoms with E-state index in [4.69, 9.17) is 11.6 Å². The van der Waals surface area contributed by atoms with Gasteiger partial charge in [-0.05, 0) is 31.0 Å². The lowest BCUT2D eigenvalue weighted by molar-refractivity contribution is 0.0919. The molecule has 0 aliphatic rings. The highest BCUT2D eigenvalue weighted by molar-refractivity contribution is 7.13. The minimum Gasteiger partial charge on any atom is -0.387 e. The first kappa shape index (κ1) is 15.9. The van der Waals surface area contributed by atoms with Crippen LogP contribution < -0.4 is 5.32 Å². The summed E-state index contributed by atoms with van der Waals surface area (Å²) in [7, 11) is 0. The smallest absolute Gasteiger partial charge is 0.263 e. The molecule has 4 nitrogen and oxygen atoms in total. The first-order valence-electron chi connectivity index (χ1n) is 6.69. The van der Waals surface area contributed by atoms with E-state index in [0.29, 0.717) is 9.90 Å². The second-order valence-corrected chi connectivity index (χ2v) is 6.17. The van der Waals surface area contributed by atoms with Gasteiger partial charge in [-0.15, -0.1) is 11.3 Å². The van der Waals surface area contributed by atoms with Crippen LogP contribution in [-0.2, 0) is 6.42 Å². The molecule has 6 heteroatoms. The van der Waals surface area contributed by atoms with Crippen LogP contribution in [0.1, 0.15) is 39.0 Å². The lowest BCUT2D eigenvalue weighted by atomic mass is 10.1. The van der Waals surface area contributed by atoms with Gasteiger partial charge in [-0.25, -0.2) is 4.98 Å². The van der Waals surface area contributed by atoms with Gasteiger partial charge in [-0.3, -0.25) is 4.79 Å². The largest absolute Gasteiger partial charge is 0.387 e. The number of aliphatic hydroxyl groups excluding tert-OH is 1. The Balaban J connectivity index is 1.97. The highest BCUT2D eigenvalue weighted by Crippen LogP contribution is 2.19. The number of nitrogens with zero attached hydrogens (tertiary/aromatic N) is 1. The molecule has 112 valence electrons. The van der Waals surface area contributed by atoms with E-state index in [2.05, 4.69) is 10.3 Å². The van der Waals surface area contributed by atoms with Crippen LogP contribution in [0.4, 0.5) is 0 Å². The van der Waals surface area contributed by atoms with Gasteiger partial charge in [0.15, 0.2) is 0 Å². The van der Waals surface area contributed by atoms with E-state index >= 15 is 0 Å². The van der Waals surface area contributed by atoms with Crippen molar-refractivity contribution in [2.45, 2.75) is 26.4 Å².